The number of aromatic amines is 1. The molecule has 26 heavy (non-hydrogen) atoms. The third-order valence-corrected chi connectivity index (χ3v) is 4.24. The van der Waals surface area contributed by atoms with Gasteiger partial charge in [0.1, 0.15) is 0 Å². The summed E-state index contributed by atoms with van der Waals surface area (Å²) in [5.41, 5.74) is 3.95. The predicted molar refractivity (Wildman–Crippen MR) is 106 cm³/mol. The van der Waals surface area contributed by atoms with Gasteiger partial charge in [0.25, 0.3) is 0 Å². The molecule has 5 nitrogen and oxygen atoms in total. The van der Waals surface area contributed by atoms with E-state index in [9.17, 15) is 0 Å². The summed E-state index contributed by atoms with van der Waals surface area (Å²) in [6, 6.07) is 14.2. The van der Waals surface area contributed by atoms with Crippen molar-refractivity contribution in [1.82, 2.24) is 9.97 Å². The molecule has 2 N–H and O–H groups in total. The van der Waals surface area contributed by atoms with E-state index < -0.39 is 0 Å². The number of pyridine rings is 1. The zero-order valence-corrected chi connectivity index (χ0v) is 14.9. The number of nitrogens with one attached hydrogen (secondary N) is 2. The van der Waals surface area contributed by atoms with Crippen LogP contribution in [0.25, 0.3) is 21.8 Å². The number of nitrogens with zero attached hydrogens (tertiary/aromatic N) is 1. The number of fused-ring (bicyclic) bond motifs is 2. The molecule has 4 rings (SSSR count). The second kappa shape index (κ2) is 6.96. The molecule has 0 saturated heterocycles. The van der Waals surface area contributed by atoms with Crippen molar-refractivity contribution in [3.05, 3.63) is 54.9 Å². The number of hydrogen-bond donors (Lipinski definition) is 2. The molecule has 5 heteroatoms. The minimum absolute atomic E-state index is 0.581. The van der Waals surface area contributed by atoms with Crippen LogP contribution in [0.4, 0.5) is 11.4 Å². The quantitative estimate of drug-likeness (QED) is 0.500. The lowest BCUT2D eigenvalue weighted by molar-refractivity contribution is 0.288. The first kappa shape index (κ1) is 16.3. The van der Waals surface area contributed by atoms with Crippen LogP contribution in [0.1, 0.15) is 13.8 Å². The van der Waals surface area contributed by atoms with Crippen molar-refractivity contribution in [3.63, 3.8) is 0 Å². The van der Waals surface area contributed by atoms with Crippen LogP contribution >= 0.6 is 0 Å². The highest BCUT2D eigenvalue weighted by atomic mass is 16.5. The summed E-state index contributed by atoms with van der Waals surface area (Å²) in [6.45, 7) is 5.09. The lowest BCUT2D eigenvalue weighted by Gasteiger charge is -2.14. The maximum Gasteiger partial charge on any atom is 0.163 e. The molecule has 0 amide bonds. The molecule has 0 radical (unpaired) electrons. The molecule has 2 aromatic carbocycles. The molecule has 0 unspecified atom stereocenters. The fourth-order valence-corrected chi connectivity index (χ4v) is 3.08. The van der Waals surface area contributed by atoms with Crippen LogP contribution in [0.3, 0.4) is 0 Å². The van der Waals surface area contributed by atoms with Gasteiger partial charge in [0.2, 0.25) is 0 Å². The third-order valence-electron chi connectivity index (χ3n) is 4.24. The first-order valence-electron chi connectivity index (χ1n) is 8.81. The van der Waals surface area contributed by atoms with E-state index in [1.54, 1.807) is 6.20 Å². The van der Waals surface area contributed by atoms with E-state index in [0.717, 1.165) is 39.3 Å². The molecule has 0 atom stereocenters. The zero-order chi connectivity index (χ0) is 17.9. The largest absolute Gasteiger partial charge is 0.490 e. The molecule has 0 spiro atoms. The fourth-order valence-electron chi connectivity index (χ4n) is 3.08. The predicted octanol–water partition coefficient (Wildman–Crippen LogP) is 5.26. The van der Waals surface area contributed by atoms with E-state index in [1.807, 2.05) is 38.2 Å². The lowest BCUT2D eigenvalue weighted by Crippen LogP contribution is -2.00. The standard InChI is InChI=1S/C21H21N3O2/c1-3-25-20-12-16-17(8-10-23-19(16)13-21(20)26-4-2)24-15-6-5-14-7-9-22-18(14)11-15/h5-13,22H,3-4H2,1-2H3,(H,23,24). The van der Waals surface area contributed by atoms with Gasteiger partial charge in [-0.25, -0.2) is 0 Å². The van der Waals surface area contributed by atoms with Gasteiger partial charge in [-0.3, -0.25) is 4.98 Å². The number of benzene rings is 2. The van der Waals surface area contributed by atoms with Crippen molar-refractivity contribution in [1.29, 1.82) is 0 Å². The summed E-state index contributed by atoms with van der Waals surface area (Å²) >= 11 is 0. The highest BCUT2D eigenvalue weighted by Gasteiger charge is 2.11. The van der Waals surface area contributed by atoms with Gasteiger partial charge >= 0.3 is 0 Å². The van der Waals surface area contributed by atoms with Crippen LogP contribution in [0, 0.1) is 0 Å². The Morgan fingerprint density at radius 2 is 1.77 bits per heavy atom. The van der Waals surface area contributed by atoms with E-state index in [0.29, 0.717) is 13.2 Å². The Balaban J connectivity index is 1.77. The van der Waals surface area contributed by atoms with E-state index >= 15 is 0 Å². The summed E-state index contributed by atoms with van der Waals surface area (Å²) in [5, 5.41) is 5.67. The molecular formula is C21H21N3O2. The van der Waals surface area contributed by atoms with E-state index in [-0.39, 0.29) is 0 Å². The van der Waals surface area contributed by atoms with Crippen molar-refractivity contribution in [3.8, 4) is 11.5 Å². The van der Waals surface area contributed by atoms with Gasteiger partial charge < -0.3 is 19.8 Å². The lowest BCUT2D eigenvalue weighted by atomic mass is 10.1. The fraction of sp³-hybridized carbons (Fsp3) is 0.190. The highest BCUT2D eigenvalue weighted by molar-refractivity contribution is 5.95. The maximum absolute atomic E-state index is 5.76. The van der Waals surface area contributed by atoms with Crippen molar-refractivity contribution in [2.75, 3.05) is 18.5 Å². The molecule has 2 heterocycles. The van der Waals surface area contributed by atoms with E-state index in [2.05, 4.69) is 39.6 Å². The number of hydrogen-bond acceptors (Lipinski definition) is 4. The maximum atomic E-state index is 5.76. The highest BCUT2D eigenvalue weighted by Crippen LogP contribution is 2.36. The number of anilines is 2. The smallest absolute Gasteiger partial charge is 0.163 e. The van der Waals surface area contributed by atoms with Gasteiger partial charge in [-0.15, -0.1) is 0 Å². The minimum atomic E-state index is 0.581. The summed E-state index contributed by atoms with van der Waals surface area (Å²) in [7, 11) is 0. The number of rotatable bonds is 6. The molecular weight excluding hydrogens is 326 g/mol. The van der Waals surface area contributed by atoms with Gasteiger partial charge in [-0.2, -0.15) is 0 Å². The van der Waals surface area contributed by atoms with E-state index in [4.69, 9.17) is 9.47 Å². The van der Waals surface area contributed by atoms with Crippen LogP contribution in [-0.2, 0) is 0 Å². The van der Waals surface area contributed by atoms with Crippen molar-refractivity contribution in [2.24, 2.45) is 0 Å². The molecule has 132 valence electrons. The van der Waals surface area contributed by atoms with Crippen LogP contribution in [0.2, 0.25) is 0 Å². The van der Waals surface area contributed by atoms with Crippen LogP contribution in [0.15, 0.2) is 54.9 Å². The van der Waals surface area contributed by atoms with Crippen LogP contribution < -0.4 is 14.8 Å². The SMILES string of the molecule is CCOc1cc2nccc(Nc3ccc4cc[nH]c4c3)c2cc1OCC. The summed E-state index contributed by atoms with van der Waals surface area (Å²) in [6.07, 6.45) is 3.74. The molecule has 0 saturated carbocycles. The monoisotopic (exact) mass is 347 g/mol. The Morgan fingerprint density at radius 1 is 0.962 bits per heavy atom. The molecule has 4 aromatic rings. The third kappa shape index (κ3) is 3.04. The Morgan fingerprint density at radius 3 is 2.58 bits per heavy atom. The van der Waals surface area contributed by atoms with Gasteiger partial charge in [0.05, 0.1) is 18.7 Å². The minimum Gasteiger partial charge on any atom is -0.490 e. The summed E-state index contributed by atoms with van der Waals surface area (Å²) in [5.74, 6) is 1.46. The van der Waals surface area contributed by atoms with E-state index in [1.165, 1.54) is 5.39 Å². The average molecular weight is 347 g/mol. The summed E-state index contributed by atoms with van der Waals surface area (Å²) < 4.78 is 11.5. The van der Waals surface area contributed by atoms with Gasteiger partial charge in [-0.05, 0) is 49.6 Å². The Hall–Kier alpha value is -3.21. The van der Waals surface area contributed by atoms with Crippen LogP contribution in [0.5, 0.6) is 11.5 Å². The van der Waals surface area contributed by atoms with Crippen molar-refractivity contribution < 1.29 is 9.47 Å². The number of ether oxygens (including phenoxy) is 2. The normalized spacial score (nSPS) is 11.0. The molecule has 0 fully saturated rings. The number of aromatic nitrogens is 2. The Kier molecular flexibility index (Phi) is 4.35. The molecule has 0 aliphatic heterocycles. The zero-order valence-electron chi connectivity index (χ0n) is 14.9. The van der Waals surface area contributed by atoms with Gasteiger partial charge in [0, 0.05) is 40.7 Å². The molecule has 0 bridgehead atoms. The topological polar surface area (TPSA) is 59.2 Å². The molecule has 2 aromatic heterocycles. The van der Waals surface area contributed by atoms with Gasteiger partial charge in [0.15, 0.2) is 11.5 Å². The van der Waals surface area contributed by atoms with Gasteiger partial charge in [-0.1, -0.05) is 6.07 Å². The summed E-state index contributed by atoms with van der Waals surface area (Å²) in [4.78, 5) is 7.73. The first-order valence-corrected chi connectivity index (χ1v) is 8.81. The van der Waals surface area contributed by atoms with Crippen molar-refractivity contribution >= 4 is 33.2 Å². The molecule has 0 aliphatic carbocycles. The van der Waals surface area contributed by atoms with Crippen molar-refractivity contribution in [2.45, 2.75) is 13.8 Å². The second-order valence-electron chi connectivity index (χ2n) is 5.95. The molecule has 0 aliphatic rings. The first-order chi connectivity index (χ1) is 12.8. The Bertz CT molecular complexity index is 1060. The Labute approximate surface area is 152 Å². The average Bonchev–Trinajstić information content (AvgIpc) is 3.11. The number of H-pyrrole nitrogens is 1. The second-order valence-corrected chi connectivity index (χ2v) is 5.95. The van der Waals surface area contributed by atoms with Crippen LogP contribution in [-0.4, -0.2) is 23.2 Å².